The zero-order chi connectivity index (χ0) is 13.7. The lowest BCUT2D eigenvalue weighted by molar-refractivity contribution is -0.142. The van der Waals surface area contributed by atoms with E-state index in [1.165, 1.54) is 13.3 Å². The molecular formula is C13H12N2O4. The Morgan fingerprint density at radius 1 is 1.42 bits per heavy atom. The van der Waals surface area contributed by atoms with Crippen molar-refractivity contribution in [3.05, 3.63) is 36.0 Å². The maximum absolute atomic E-state index is 11.1. The predicted octanol–water partition coefficient (Wildman–Crippen LogP) is 1.44. The quantitative estimate of drug-likeness (QED) is 0.649. The molecule has 0 aliphatic carbocycles. The number of aldehydes is 1. The highest BCUT2D eigenvalue weighted by Gasteiger charge is 2.13. The number of hydrogen-bond acceptors (Lipinski definition) is 5. The topological polar surface area (TPSA) is 81.3 Å². The first-order valence-electron chi connectivity index (χ1n) is 5.54. The van der Waals surface area contributed by atoms with Crippen molar-refractivity contribution in [2.45, 2.75) is 0 Å². The van der Waals surface area contributed by atoms with E-state index in [9.17, 15) is 9.59 Å². The van der Waals surface area contributed by atoms with Crippen molar-refractivity contribution in [3.8, 4) is 17.0 Å². The number of aromatic nitrogens is 2. The first kappa shape index (κ1) is 12.8. The van der Waals surface area contributed by atoms with Crippen LogP contribution < -0.4 is 4.74 Å². The number of ether oxygens (including phenoxy) is 2. The average molecular weight is 260 g/mol. The summed E-state index contributed by atoms with van der Waals surface area (Å²) in [7, 11) is 1.29. The van der Waals surface area contributed by atoms with Crippen LogP contribution in [0.1, 0.15) is 10.4 Å². The van der Waals surface area contributed by atoms with Crippen molar-refractivity contribution < 1.29 is 19.1 Å². The van der Waals surface area contributed by atoms with E-state index >= 15 is 0 Å². The summed E-state index contributed by atoms with van der Waals surface area (Å²) in [6.45, 7) is -0.196. The molecule has 0 atom stereocenters. The Labute approximate surface area is 109 Å². The van der Waals surface area contributed by atoms with E-state index in [1.54, 1.807) is 24.3 Å². The number of aromatic amines is 1. The van der Waals surface area contributed by atoms with E-state index in [-0.39, 0.29) is 6.61 Å². The maximum atomic E-state index is 11.1. The van der Waals surface area contributed by atoms with E-state index in [1.807, 2.05) is 0 Å². The summed E-state index contributed by atoms with van der Waals surface area (Å²) >= 11 is 0. The predicted molar refractivity (Wildman–Crippen MR) is 66.9 cm³/mol. The minimum absolute atomic E-state index is 0.196. The number of para-hydroxylation sites is 1. The largest absolute Gasteiger partial charge is 0.481 e. The fraction of sp³-hybridized carbons (Fsp3) is 0.154. The fourth-order valence-electron chi connectivity index (χ4n) is 1.60. The summed E-state index contributed by atoms with van der Waals surface area (Å²) in [4.78, 5) is 22.0. The third-order valence-corrected chi connectivity index (χ3v) is 2.53. The lowest BCUT2D eigenvalue weighted by atomic mass is 10.1. The summed E-state index contributed by atoms with van der Waals surface area (Å²) in [5.74, 6) is -0.00438. The number of benzene rings is 1. The van der Waals surface area contributed by atoms with Gasteiger partial charge in [0.25, 0.3) is 0 Å². The number of rotatable bonds is 5. The summed E-state index contributed by atoms with van der Waals surface area (Å²) in [5, 5.41) is 6.56. The van der Waals surface area contributed by atoms with Crippen molar-refractivity contribution in [3.63, 3.8) is 0 Å². The molecule has 0 fully saturated rings. The van der Waals surface area contributed by atoms with Crippen molar-refractivity contribution in [1.29, 1.82) is 0 Å². The van der Waals surface area contributed by atoms with Gasteiger partial charge in [-0.2, -0.15) is 5.10 Å². The summed E-state index contributed by atoms with van der Waals surface area (Å²) in [6, 6.07) is 7.05. The molecule has 0 unspecified atom stereocenters. The van der Waals surface area contributed by atoms with E-state index in [2.05, 4.69) is 14.9 Å². The highest BCUT2D eigenvalue weighted by molar-refractivity contribution is 5.87. The minimum atomic E-state index is -0.477. The molecule has 2 rings (SSSR count). The van der Waals surface area contributed by atoms with Crippen LogP contribution in [0.3, 0.4) is 0 Å². The molecular weight excluding hydrogens is 248 g/mol. The zero-order valence-corrected chi connectivity index (χ0v) is 10.3. The Kier molecular flexibility index (Phi) is 3.92. The number of H-pyrrole nitrogens is 1. The second kappa shape index (κ2) is 5.81. The van der Waals surface area contributed by atoms with Crippen molar-refractivity contribution >= 4 is 12.3 Å². The molecule has 98 valence electrons. The molecule has 1 heterocycles. The lowest BCUT2D eigenvalue weighted by Crippen LogP contribution is -2.13. The van der Waals surface area contributed by atoms with Crippen LogP contribution in [0, 0.1) is 0 Å². The van der Waals surface area contributed by atoms with E-state index in [0.717, 1.165) is 0 Å². The van der Waals surface area contributed by atoms with Crippen molar-refractivity contribution in [2.24, 2.45) is 0 Å². The van der Waals surface area contributed by atoms with Gasteiger partial charge in [-0.25, -0.2) is 4.79 Å². The SMILES string of the molecule is COC(=O)COc1ccccc1-c1[nH]ncc1C=O. The van der Waals surface area contributed by atoms with Gasteiger partial charge in [0, 0.05) is 5.56 Å². The van der Waals surface area contributed by atoms with Gasteiger partial charge in [-0.05, 0) is 12.1 Å². The third kappa shape index (κ3) is 2.79. The molecule has 0 radical (unpaired) electrons. The van der Waals surface area contributed by atoms with Gasteiger partial charge >= 0.3 is 5.97 Å². The molecule has 0 spiro atoms. The number of esters is 1. The number of hydrogen-bond donors (Lipinski definition) is 1. The van der Waals surface area contributed by atoms with Gasteiger partial charge in [0.15, 0.2) is 12.9 Å². The Morgan fingerprint density at radius 3 is 2.95 bits per heavy atom. The monoisotopic (exact) mass is 260 g/mol. The van der Waals surface area contributed by atoms with Crippen LogP contribution in [-0.4, -0.2) is 36.2 Å². The molecule has 0 bridgehead atoms. The molecule has 0 saturated heterocycles. The summed E-state index contributed by atoms with van der Waals surface area (Å²) in [6.07, 6.45) is 2.13. The van der Waals surface area contributed by atoms with Gasteiger partial charge in [0.2, 0.25) is 0 Å². The van der Waals surface area contributed by atoms with Gasteiger partial charge < -0.3 is 9.47 Å². The lowest BCUT2D eigenvalue weighted by Gasteiger charge is -2.09. The van der Waals surface area contributed by atoms with Gasteiger partial charge in [-0.15, -0.1) is 0 Å². The third-order valence-electron chi connectivity index (χ3n) is 2.53. The van der Waals surface area contributed by atoms with Crippen molar-refractivity contribution in [2.75, 3.05) is 13.7 Å². The number of carbonyl (C=O) groups is 2. The van der Waals surface area contributed by atoms with Gasteiger partial charge in [-0.1, -0.05) is 12.1 Å². The Balaban J connectivity index is 2.31. The molecule has 6 heteroatoms. The van der Waals surface area contributed by atoms with E-state index in [0.29, 0.717) is 28.9 Å². The van der Waals surface area contributed by atoms with Gasteiger partial charge in [0.05, 0.1) is 24.6 Å². The number of methoxy groups -OCH3 is 1. The van der Waals surface area contributed by atoms with E-state index in [4.69, 9.17) is 4.74 Å². The zero-order valence-electron chi connectivity index (χ0n) is 10.3. The Morgan fingerprint density at radius 2 is 2.21 bits per heavy atom. The first-order valence-corrected chi connectivity index (χ1v) is 5.54. The summed E-state index contributed by atoms with van der Waals surface area (Å²) in [5.41, 5.74) is 1.63. The number of nitrogens with zero attached hydrogens (tertiary/aromatic N) is 1. The van der Waals surface area contributed by atoms with Crippen LogP contribution in [0.5, 0.6) is 5.75 Å². The average Bonchev–Trinajstić information content (AvgIpc) is 2.93. The van der Waals surface area contributed by atoms with Crippen LogP contribution >= 0.6 is 0 Å². The van der Waals surface area contributed by atoms with Gasteiger partial charge in [0.1, 0.15) is 5.75 Å². The molecule has 6 nitrogen and oxygen atoms in total. The minimum Gasteiger partial charge on any atom is -0.481 e. The normalized spacial score (nSPS) is 9.95. The van der Waals surface area contributed by atoms with Gasteiger partial charge in [-0.3, -0.25) is 9.89 Å². The van der Waals surface area contributed by atoms with Crippen LogP contribution in [0.25, 0.3) is 11.3 Å². The molecule has 0 saturated carbocycles. The number of carbonyl (C=O) groups excluding carboxylic acids is 2. The van der Waals surface area contributed by atoms with Crippen LogP contribution in [0.2, 0.25) is 0 Å². The number of nitrogens with one attached hydrogen (secondary N) is 1. The van der Waals surface area contributed by atoms with E-state index < -0.39 is 5.97 Å². The fourth-order valence-corrected chi connectivity index (χ4v) is 1.60. The molecule has 0 aliphatic heterocycles. The summed E-state index contributed by atoms with van der Waals surface area (Å²) < 4.78 is 9.88. The second-order valence-electron chi connectivity index (χ2n) is 3.68. The standard InChI is InChI=1S/C13H12N2O4/c1-18-12(17)8-19-11-5-3-2-4-10(11)13-9(7-16)6-14-15-13/h2-7H,8H2,1H3,(H,14,15). The second-order valence-corrected chi connectivity index (χ2v) is 3.68. The smallest absolute Gasteiger partial charge is 0.343 e. The molecule has 2 aromatic rings. The molecule has 19 heavy (non-hydrogen) atoms. The van der Waals surface area contributed by atoms with Crippen LogP contribution in [0.15, 0.2) is 30.5 Å². The molecule has 1 aromatic heterocycles. The van der Waals surface area contributed by atoms with Crippen LogP contribution in [-0.2, 0) is 9.53 Å². The molecule has 0 aliphatic rings. The van der Waals surface area contributed by atoms with Crippen LogP contribution in [0.4, 0.5) is 0 Å². The maximum Gasteiger partial charge on any atom is 0.343 e. The molecule has 1 aromatic carbocycles. The Bertz CT molecular complexity index is 592. The molecule has 1 N–H and O–H groups in total. The Hall–Kier alpha value is -2.63. The highest BCUT2D eigenvalue weighted by Crippen LogP contribution is 2.29. The highest BCUT2D eigenvalue weighted by atomic mass is 16.6. The van der Waals surface area contributed by atoms with Crippen molar-refractivity contribution in [1.82, 2.24) is 10.2 Å². The first-order chi connectivity index (χ1) is 9.26. The molecule has 0 amide bonds.